The van der Waals surface area contributed by atoms with E-state index in [2.05, 4.69) is 43.3 Å². The van der Waals surface area contributed by atoms with Gasteiger partial charge in [-0.15, -0.1) is 11.3 Å². The number of nitrogens with zero attached hydrogens (tertiary/aromatic N) is 2. The molecular formula is C20H23N3O2S. The molecule has 3 rings (SSSR count). The number of amides is 1. The maximum absolute atomic E-state index is 12.4. The average Bonchev–Trinajstić information content (AvgIpc) is 3.16. The van der Waals surface area contributed by atoms with E-state index < -0.39 is 0 Å². The lowest BCUT2D eigenvalue weighted by Gasteiger charge is -2.12. The van der Waals surface area contributed by atoms with Gasteiger partial charge in [0.15, 0.2) is 0 Å². The first-order valence-electron chi connectivity index (χ1n) is 8.43. The second-order valence-corrected chi connectivity index (χ2v) is 7.47. The number of nitrogens with one attached hydrogen (secondary N) is 1. The van der Waals surface area contributed by atoms with Crippen LogP contribution in [0.1, 0.15) is 37.6 Å². The lowest BCUT2D eigenvalue weighted by molar-refractivity contribution is 0.103. The lowest BCUT2D eigenvalue weighted by atomic mass is 10.1. The number of rotatable bonds is 5. The van der Waals surface area contributed by atoms with Crippen LogP contribution >= 0.6 is 11.3 Å². The molecule has 0 aliphatic carbocycles. The van der Waals surface area contributed by atoms with Gasteiger partial charge in [-0.3, -0.25) is 9.48 Å². The van der Waals surface area contributed by atoms with Crippen LogP contribution in [0.2, 0.25) is 0 Å². The molecule has 0 spiro atoms. The molecule has 6 heteroatoms. The van der Waals surface area contributed by atoms with Crippen LogP contribution in [0.3, 0.4) is 0 Å². The van der Waals surface area contributed by atoms with Gasteiger partial charge in [0.1, 0.15) is 12.4 Å². The Hall–Kier alpha value is -2.60. The van der Waals surface area contributed by atoms with Crippen LogP contribution in [0.5, 0.6) is 5.75 Å². The standard InChI is InChI=1S/C20H23N3O2S/c1-12-6-13(2)19(14(3)7-12)25-10-16-8-18(26-11-16)20(24)22-17-9-21-23(5)15(17)4/h6-9,11H,10H2,1-5H3,(H,22,24). The van der Waals surface area contributed by atoms with Crippen molar-refractivity contribution in [3.8, 4) is 5.75 Å². The molecule has 3 aromatic rings. The highest BCUT2D eigenvalue weighted by Gasteiger charge is 2.13. The van der Waals surface area contributed by atoms with Crippen molar-refractivity contribution in [2.45, 2.75) is 34.3 Å². The van der Waals surface area contributed by atoms with Crippen molar-refractivity contribution in [2.75, 3.05) is 5.32 Å². The van der Waals surface area contributed by atoms with Crippen LogP contribution in [0.4, 0.5) is 5.69 Å². The van der Waals surface area contributed by atoms with Crippen LogP contribution in [-0.2, 0) is 13.7 Å². The van der Waals surface area contributed by atoms with Gasteiger partial charge < -0.3 is 10.1 Å². The number of aromatic nitrogens is 2. The summed E-state index contributed by atoms with van der Waals surface area (Å²) < 4.78 is 7.74. The Bertz CT molecular complexity index is 933. The Morgan fingerprint density at radius 3 is 2.50 bits per heavy atom. The summed E-state index contributed by atoms with van der Waals surface area (Å²) in [6, 6.07) is 6.11. The van der Waals surface area contributed by atoms with Crippen molar-refractivity contribution < 1.29 is 9.53 Å². The van der Waals surface area contributed by atoms with Gasteiger partial charge in [-0.25, -0.2) is 0 Å². The van der Waals surface area contributed by atoms with E-state index in [4.69, 9.17) is 4.74 Å². The predicted molar refractivity (Wildman–Crippen MR) is 105 cm³/mol. The quantitative estimate of drug-likeness (QED) is 0.718. The molecule has 0 unspecified atom stereocenters. The highest BCUT2D eigenvalue weighted by molar-refractivity contribution is 7.12. The first-order valence-corrected chi connectivity index (χ1v) is 9.31. The fourth-order valence-electron chi connectivity index (χ4n) is 2.93. The van der Waals surface area contributed by atoms with E-state index in [1.165, 1.54) is 16.9 Å². The van der Waals surface area contributed by atoms with E-state index in [0.717, 1.165) is 33.8 Å². The van der Waals surface area contributed by atoms with Gasteiger partial charge in [-0.1, -0.05) is 17.7 Å². The molecule has 0 saturated carbocycles. The van der Waals surface area contributed by atoms with Crippen LogP contribution < -0.4 is 10.1 Å². The molecular weight excluding hydrogens is 346 g/mol. The summed E-state index contributed by atoms with van der Waals surface area (Å²) in [5, 5.41) is 9.01. The molecule has 0 aliphatic heterocycles. The van der Waals surface area contributed by atoms with E-state index in [0.29, 0.717) is 11.5 Å². The molecule has 1 N–H and O–H groups in total. The smallest absolute Gasteiger partial charge is 0.265 e. The molecule has 136 valence electrons. The third-order valence-corrected chi connectivity index (χ3v) is 5.33. The van der Waals surface area contributed by atoms with Crippen LogP contribution in [0.15, 0.2) is 29.8 Å². The first-order chi connectivity index (χ1) is 12.3. The summed E-state index contributed by atoms with van der Waals surface area (Å²) >= 11 is 1.42. The predicted octanol–water partition coefficient (Wildman–Crippen LogP) is 4.55. The number of anilines is 1. The third kappa shape index (κ3) is 3.80. The second-order valence-electron chi connectivity index (χ2n) is 6.56. The lowest BCUT2D eigenvalue weighted by Crippen LogP contribution is -2.11. The fraction of sp³-hybridized carbons (Fsp3) is 0.300. The minimum absolute atomic E-state index is 0.125. The third-order valence-electron chi connectivity index (χ3n) is 4.35. The normalized spacial score (nSPS) is 10.8. The van der Waals surface area contributed by atoms with Crippen molar-refractivity contribution in [2.24, 2.45) is 7.05 Å². The van der Waals surface area contributed by atoms with Crippen molar-refractivity contribution in [3.63, 3.8) is 0 Å². The zero-order valence-electron chi connectivity index (χ0n) is 15.7. The summed E-state index contributed by atoms with van der Waals surface area (Å²) in [5.41, 5.74) is 6.12. The monoisotopic (exact) mass is 369 g/mol. The Labute approximate surface area is 157 Å². The van der Waals surface area contributed by atoms with Crippen LogP contribution in [0.25, 0.3) is 0 Å². The summed E-state index contributed by atoms with van der Waals surface area (Å²) in [5.74, 6) is 0.791. The number of carbonyl (C=O) groups is 1. The number of hydrogen-bond acceptors (Lipinski definition) is 4. The molecule has 0 bridgehead atoms. The summed E-state index contributed by atoms with van der Waals surface area (Å²) in [4.78, 5) is 13.1. The topological polar surface area (TPSA) is 56.1 Å². The second kappa shape index (κ2) is 7.33. The Balaban J connectivity index is 1.66. The maximum Gasteiger partial charge on any atom is 0.265 e. The maximum atomic E-state index is 12.4. The molecule has 0 atom stereocenters. The van der Waals surface area contributed by atoms with Gasteiger partial charge in [0.2, 0.25) is 0 Å². The molecule has 1 aromatic carbocycles. The summed E-state index contributed by atoms with van der Waals surface area (Å²) in [6.45, 7) is 8.55. The van der Waals surface area contributed by atoms with Gasteiger partial charge in [-0.2, -0.15) is 5.10 Å². The van der Waals surface area contributed by atoms with Crippen molar-refractivity contribution in [1.29, 1.82) is 0 Å². The Morgan fingerprint density at radius 2 is 1.88 bits per heavy atom. The van der Waals surface area contributed by atoms with Crippen molar-refractivity contribution in [3.05, 3.63) is 62.6 Å². The molecule has 26 heavy (non-hydrogen) atoms. The summed E-state index contributed by atoms with van der Waals surface area (Å²) in [6.07, 6.45) is 1.66. The molecule has 0 fully saturated rings. The number of ether oxygens (including phenoxy) is 1. The van der Waals surface area contributed by atoms with E-state index in [1.54, 1.807) is 10.9 Å². The van der Waals surface area contributed by atoms with Crippen LogP contribution in [-0.4, -0.2) is 15.7 Å². The van der Waals surface area contributed by atoms with Gasteiger partial charge >= 0.3 is 0 Å². The molecule has 1 amide bonds. The molecule has 5 nitrogen and oxygen atoms in total. The van der Waals surface area contributed by atoms with E-state index in [-0.39, 0.29) is 5.91 Å². The molecule has 0 saturated heterocycles. The first kappa shape index (κ1) is 18.2. The molecule has 2 aromatic heterocycles. The number of aryl methyl sites for hydroxylation is 4. The number of thiophene rings is 1. The van der Waals surface area contributed by atoms with E-state index >= 15 is 0 Å². The molecule has 2 heterocycles. The highest BCUT2D eigenvalue weighted by atomic mass is 32.1. The van der Waals surface area contributed by atoms with Crippen molar-refractivity contribution >= 4 is 22.9 Å². The highest BCUT2D eigenvalue weighted by Crippen LogP contribution is 2.26. The largest absolute Gasteiger partial charge is 0.488 e. The minimum atomic E-state index is -0.125. The average molecular weight is 369 g/mol. The van der Waals surface area contributed by atoms with Crippen LogP contribution in [0, 0.1) is 27.7 Å². The van der Waals surface area contributed by atoms with Crippen molar-refractivity contribution in [1.82, 2.24) is 9.78 Å². The zero-order valence-corrected chi connectivity index (χ0v) is 16.5. The number of carbonyl (C=O) groups excluding carboxylic acids is 1. The Kier molecular flexibility index (Phi) is 5.13. The number of hydrogen-bond donors (Lipinski definition) is 1. The van der Waals surface area contributed by atoms with Gasteiger partial charge in [0, 0.05) is 12.6 Å². The van der Waals surface area contributed by atoms with Gasteiger partial charge in [0.05, 0.1) is 22.5 Å². The summed E-state index contributed by atoms with van der Waals surface area (Å²) in [7, 11) is 1.85. The SMILES string of the molecule is Cc1cc(C)c(OCc2csc(C(=O)Nc3cnn(C)c3C)c2)c(C)c1. The minimum Gasteiger partial charge on any atom is -0.488 e. The van der Waals surface area contributed by atoms with E-state index in [1.807, 2.05) is 25.4 Å². The zero-order chi connectivity index (χ0) is 18.8. The van der Waals surface area contributed by atoms with Gasteiger partial charge in [-0.05, 0) is 50.3 Å². The number of benzene rings is 1. The fourth-order valence-corrected chi connectivity index (χ4v) is 3.72. The Morgan fingerprint density at radius 1 is 1.19 bits per heavy atom. The molecule has 0 aliphatic rings. The molecule has 0 radical (unpaired) electrons. The van der Waals surface area contributed by atoms with E-state index in [9.17, 15) is 4.79 Å². The van der Waals surface area contributed by atoms with Gasteiger partial charge in [0.25, 0.3) is 5.91 Å².